The van der Waals surface area contributed by atoms with Gasteiger partial charge < -0.3 is 0 Å². The molecule has 2 atom stereocenters. The van der Waals surface area contributed by atoms with Crippen molar-refractivity contribution in [2.75, 3.05) is 0 Å². The summed E-state index contributed by atoms with van der Waals surface area (Å²) in [6, 6.07) is 0. The average Bonchev–Trinajstić information content (AvgIpc) is 2.17. The van der Waals surface area contributed by atoms with E-state index in [4.69, 9.17) is 0 Å². The Morgan fingerprint density at radius 2 is 1.60 bits per heavy atom. The quantitative estimate of drug-likeness (QED) is 0.323. The summed E-state index contributed by atoms with van der Waals surface area (Å²) in [5.41, 5.74) is 0.933. The molecule has 2 saturated heterocycles. The van der Waals surface area contributed by atoms with Gasteiger partial charge in [0.1, 0.15) is 0 Å². The second-order valence-corrected chi connectivity index (χ2v) is 67.8. The zero-order valence-electron chi connectivity index (χ0n) is 5.72. The third-order valence-corrected chi connectivity index (χ3v) is 124. The van der Waals surface area contributed by atoms with Crippen LogP contribution in [0.3, 0.4) is 0 Å². The van der Waals surface area contributed by atoms with Gasteiger partial charge in [-0.05, 0) is 0 Å². The van der Waals surface area contributed by atoms with E-state index in [1.54, 1.807) is 15.6 Å². The molecule has 0 spiro atoms. The third-order valence-electron chi connectivity index (χ3n) is 2.05. The van der Waals surface area contributed by atoms with Crippen molar-refractivity contribution in [3.63, 3.8) is 0 Å². The summed E-state index contributed by atoms with van der Waals surface area (Å²) in [4.78, 5) is 0. The molecule has 0 amide bonds. The van der Waals surface area contributed by atoms with Gasteiger partial charge in [0.2, 0.25) is 0 Å². The molecule has 0 saturated carbocycles. The Hall–Kier alpha value is 3.14. The number of hydrogen-bond donors (Lipinski definition) is 0. The van der Waals surface area contributed by atoms with Crippen molar-refractivity contribution < 1.29 is 0 Å². The fourth-order valence-corrected chi connectivity index (χ4v) is 188. The molecule has 0 N–H and O–H groups in total. The van der Waals surface area contributed by atoms with E-state index in [2.05, 4.69) is 47.2 Å². The van der Waals surface area contributed by atoms with E-state index in [0.29, 0.717) is 0 Å². The molecule has 2 rings (SSSR count). The van der Waals surface area contributed by atoms with Crippen molar-refractivity contribution in [1.29, 1.82) is 0 Å². The van der Waals surface area contributed by atoms with E-state index >= 15 is 0 Å². The first-order valence-corrected chi connectivity index (χ1v) is 29.1. The van der Waals surface area contributed by atoms with Gasteiger partial charge in [-0.3, -0.25) is 0 Å². The van der Waals surface area contributed by atoms with Crippen LogP contribution in [0.4, 0.5) is 0 Å². The van der Waals surface area contributed by atoms with E-state index in [1.165, 1.54) is 0 Å². The first kappa shape index (κ1) is 9.68. The molecule has 0 radical (unpaired) electrons. The fourth-order valence-electron chi connectivity index (χ4n) is 1.54. The van der Waals surface area contributed by atoms with Crippen LogP contribution in [0.15, 0.2) is 0 Å². The van der Waals surface area contributed by atoms with E-state index in [1.807, 2.05) is 0 Å². The number of rotatable bonds is 0. The van der Waals surface area contributed by atoms with Crippen molar-refractivity contribution in [2.45, 2.75) is 22.5 Å². The molecule has 5 heteroatoms. The van der Waals surface area contributed by atoms with Crippen molar-refractivity contribution in [3.05, 3.63) is 0 Å². The molecule has 2 heterocycles. The normalized spacial score (nSPS) is 59.7. The van der Waals surface area contributed by atoms with Crippen LogP contribution in [0.1, 0.15) is 6.92 Å². The summed E-state index contributed by atoms with van der Waals surface area (Å²) in [5.74, 6) is 0. The van der Waals surface area contributed by atoms with E-state index < -0.39 is 0 Å². The summed E-state index contributed by atoms with van der Waals surface area (Å²) >= 11 is 5.78. The summed E-state index contributed by atoms with van der Waals surface area (Å²) in [6.07, 6.45) is 0. The fraction of sp³-hybridized carbons (Fsp3) is 1.00. The molecule has 10 heavy (non-hydrogen) atoms. The molecule has 2 aliphatic heterocycles. The molecular weight excluding hydrogens is 539 g/mol. The first-order chi connectivity index (χ1) is 4.61. The van der Waals surface area contributed by atoms with Crippen LogP contribution in [0.5, 0.6) is 0 Å². The van der Waals surface area contributed by atoms with Crippen LogP contribution in [-0.4, -0.2) is 29.0 Å². The number of halogens is 2. The maximum atomic E-state index is 2.89. The van der Waals surface area contributed by atoms with E-state index in [9.17, 15) is 0 Å². The Labute approximate surface area is 95.1 Å². The van der Waals surface area contributed by atoms with Gasteiger partial charge in [0.25, 0.3) is 0 Å². The predicted molar refractivity (Wildman–Crippen MR) is 67.8 cm³/mol. The van der Waals surface area contributed by atoms with Crippen molar-refractivity contribution >= 4 is 69.2 Å². The summed E-state index contributed by atoms with van der Waals surface area (Å²) < 4.78 is 0. The minimum absolute atomic E-state index is 0.0423. The Balaban J connectivity index is 2.21. The Bertz CT molecular complexity index is 151. The summed E-state index contributed by atoms with van der Waals surface area (Å²) in [5, 5.41) is 5.25. The summed E-state index contributed by atoms with van der Waals surface area (Å²) in [6.45, 7) is 2.58. The molecule has 0 aliphatic carbocycles. The van der Waals surface area contributed by atoms with Crippen LogP contribution in [0.25, 0.3) is 0 Å². The van der Waals surface area contributed by atoms with Crippen LogP contribution < -0.4 is 0 Å². The second kappa shape index (κ2) is 3.37. The van der Waals surface area contributed by atoms with Crippen LogP contribution in [0, 0.1) is 5.41 Å². The molecule has 2 aliphatic rings. The van der Waals surface area contributed by atoms with Gasteiger partial charge >= 0.3 is 97.2 Å². The SMILES string of the molecule is CC12C[As](I)[As](C1)[As](I)C2. The second-order valence-electron chi connectivity index (χ2n) is 3.33. The van der Waals surface area contributed by atoms with Gasteiger partial charge in [-0.2, -0.15) is 0 Å². The Kier molecular flexibility index (Phi) is 3.26. The van der Waals surface area contributed by atoms with Crippen LogP contribution in [-0.2, 0) is 0 Å². The zero-order valence-corrected chi connectivity index (χ0v) is 15.7. The molecule has 0 nitrogen and oxygen atoms in total. The molecule has 2 fully saturated rings. The van der Waals surface area contributed by atoms with Crippen molar-refractivity contribution in [3.8, 4) is 0 Å². The summed E-state index contributed by atoms with van der Waals surface area (Å²) in [7, 11) is -0.301. The molecule has 0 aromatic carbocycles. The van der Waals surface area contributed by atoms with Crippen LogP contribution >= 0.6 is 40.3 Å². The van der Waals surface area contributed by atoms with E-state index in [0.717, 1.165) is 5.41 Å². The van der Waals surface area contributed by atoms with Crippen molar-refractivity contribution in [2.24, 2.45) is 5.41 Å². The average molecular weight is 548 g/mol. The van der Waals surface area contributed by atoms with Gasteiger partial charge in [-0.15, -0.1) is 0 Å². The monoisotopic (exact) mass is 548 g/mol. The van der Waals surface area contributed by atoms with Gasteiger partial charge in [0.15, 0.2) is 0 Å². The molecule has 2 bridgehead atoms. The third kappa shape index (κ3) is 1.67. The zero-order chi connectivity index (χ0) is 7.35. The predicted octanol–water partition coefficient (Wildman–Crippen LogP) is 2.52. The Morgan fingerprint density at radius 3 is 1.80 bits per heavy atom. The van der Waals surface area contributed by atoms with E-state index in [-0.39, 0.29) is 29.0 Å². The standard InChI is InChI=1S/C5H9As3I2/c1-5-2-6(7(9)3-5)8(10)4-5/h2-4H2,1H3. The molecule has 0 aromatic rings. The van der Waals surface area contributed by atoms with Crippen molar-refractivity contribution in [1.82, 2.24) is 0 Å². The van der Waals surface area contributed by atoms with Crippen LogP contribution in [0.2, 0.25) is 15.6 Å². The minimum atomic E-state index is -0.130. The number of hydrogen-bond acceptors (Lipinski definition) is 0. The molecular formula is C5H9As3I2. The van der Waals surface area contributed by atoms with Gasteiger partial charge in [0.05, 0.1) is 0 Å². The maximum absolute atomic E-state index is 2.89. The molecule has 58 valence electrons. The number of fused-ring (bicyclic) bond motifs is 2. The van der Waals surface area contributed by atoms with Gasteiger partial charge in [-0.1, -0.05) is 0 Å². The van der Waals surface area contributed by atoms with Gasteiger partial charge in [-0.25, -0.2) is 0 Å². The molecule has 0 aromatic heterocycles. The Morgan fingerprint density at radius 1 is 1.10 bits per heavy atom. The molecule has 2 unspecified atom stereocenters. The van der Waals surface area contributed by atoms with Gasteiger partial charge in [0, 0.05) is 0 Å². The topological polar surface area (TPSA) is 0 Å². The first-order valence-electron chi connectivity index (χ1n) is 3.25.